The molecule has 98 valence electrons. The van der Waals surface area contributed by atoms with E-state index < -0.39 is 17.9 Å². The molecule has 6 heteroatoms. The first-order chi connectivity index (χ1) is 9.04. The van der Waals surface area contributed by atoms with Crippen molar-refractivity contribution in [2.75, 3.05) is 11.1 Å². The lowest BCUT2D eigenvalue weighted by molar-refractivity contribution is 0.259. The summed E-state index contributed by atoms with van der Waals surface area (Å²) in [4.78, 5) is 0. The first kappa shape index (κ1) is 12.0. The van der Waals surface area contributed by atoms with Crippen LogP contribution in [0.2, 0.25) is 5.02 Å². The molecule has 1 aliphatic heterocycles. The van der Waals surface area contributed by atoms with E-state index >= 15 is 0 Å². The maximum atomic E-state index is 13.3. The molecule has 1 atom stereocenters. The van der Waals surface area contributed by atoms with Crippen LogP contribution in [0.1, 0.15) is 11.8 Å². The summed E-state index contributed by atoms with van der Waals surface area (Å²) in [6.07, 6.45) is -0.667. The van der Waals surface area contributed by atoms with Gasteiger partial charge in [-0.05, 0) is 30.3 Å². The third-order valence-electron chi connectivity index (χ3n) is 2.86. The standard InChI is InChI=1S/C13H9ClF2N2O/c14-8-5-10(16)9(15)4-7(8)13-18-11-3-6(17)1-2-12(11)19-13/h1-5,13,18H,17H2. The second kappa shape index (κ2) is 4.28. The fraction of sp³-hybridized carbons (Fsp3) is 0.0769. The largest absolute Gasteiger partial charge is 0.464 e. The number of hydrogen-bond donors (Lipinski definition) is 2. The van der Waals surface area contributed by atoms with E-state index in [2.05, 4.69) is 5.32 Å². The molecule has 2 aromatic rings. The van der Waals surface area contributed by atoms with Crippen LogP contribution >= 0.6 is 11.6 Å². The molecule has 3 rings (SSSR count). The lowest BCUT2D eigenvalue weighted by atomic mass is 10.2. The second-order valence-electron chi connectivity index (χ2n) is 4.19. The molecule has 0 saturated carbocycles. The van der Waals surface area contributed by atoms with Gasteiger partial charge in [0.1, 0.15) is 5.75 Å². The van der Waals surface area contributed by atoms with Crippen LogP contribution in [0, 0.1) is 11.6 Å². The molecule has 1 unspecified atom stereocenters. The van der Waals surface area contributed by atoms with Gasteiger partial charge in [0, 0.05) is 11.3 Å². The van der Waals surface area contributed by atoms with Crippen LogP contribution in [0.4, 0.5) is 20.2 Å². The van der Waals surface area contributed by atoms with Crippen molar-refractivity contribution in [3.63, 3.8) is 0 Å². The van der Waals surface area contributed by atoms with E-state index in [9.17, 15) is 8.78 Å². The molecular weight excluding hydrogens is 274 g/mol. The van der Waals surface area contributed by atoms with Crippen molar-refractivity contribution in [2.24, 2.45) is 0 Å². The van der Waals surface area contributed by atoms with E-state index in [-0.39, 0.29) is 5.02 Å². The van der Waals surface area contributed by atoms with Crippen molar-refractivity contribution in [3.8, 4) is 5.75 Å². The molecule has 0 bridgehead atoms. The zero-order valence-electron chi connectivity index (χ0n) is 9.58. The Labute approximate surface area is 112 Å². The van der Waals surface area contributed by atoms with Gasteiger partial charge in [0.2, 0.25) is 0 Å². The summed E-state index contributed by atoms with van der Waals surface area (Å²) in [7, 11) is 0. The number of hydrogen-bond acceptors (Lipinski definition) is 3. The maximum Gasteiger partial charge on any atom is 0.198 e. The average molecular weight is 283 g/mol. The van der Waals surface area contributed by atoms with Crippen LogP contribution < -0.4 is 15.8 Å². The number of benzene rings is 2. The van der Waals surface area contributed by atoms with Crippen molar-refractivity contribution < 1.29 is 13.5 Å². The topological polar surface area (TPSA) is 47.3 Å². The average Bonchev–Trinajstić information content (AvgIpc) is 2.76. The molecule has 0 aromatic heterocycles. The summed E-state index contributed by atoms with van der Waals surface area (Å²) in [6.45, 7) is 0. The Morgan fingerprint density at radius 3 is 2.68 bits per heavy atom. The molecule has 1 heterocycles. The van der Waals surface area contributed by atoms with E-state index in [0.717, 1.165) is 12.1 Å². The van der Waals surface area contributed by atoms with Crippen LogP contribution in [0.15, 0.2) is 30.3 Å². The minimum Gasteiger partial charge on any atom is -0.464 e. The van der Waals surface area contributed by atoms with Crippen molar-refractivity contribution in [1.82, 2.24) is 0 Å². The van der Waals surface area contributed by atoms with E-state index in [1.807, 2.05) is 0 Å². The molecule has 2 aromatic carbocycles. The highest BCUT2D eigenvalue weighted by atomic mass is 35.5. The normalized spacial score (nSPS) is 16.7. The maximum absolute atomic E-state index is 13.3. The lowest BCUT2D eigenvalue weighted by Crippen LogP contribution is -2.11. The number of anilines is 2. The summed E-state index contributed by atoms with van der Waals surface area (Å²) < 4.78 is 31.9. The molecule has 0 fully saturated rings. The lowest BCUT2D eigenvalue weighted by Gasteiger charge is -2.13. The molecule has 1 aliphatic rings. The van der Waals surface area contributed by atoms with Crippen molar-refractivity contribution in [1.29, 1.82) is 0 Å². The van der Waals surface area contributed by atoms with Gasteiger partial charge in [0.15, 0.2) is 17.9 Å². The van der Waals surface area contributed by atoms with Gasteiger partial charge < -0.3 is 15.8 Å². The first-order valence-corrected chi connectivity index (χ1v) is 5.89. The summed E-state index contributed by atoms with van der Waals surface area (Å²) in [5.41, 5.74) is 7.25. The predicted molar refractivity (Wildman–Crippen MR) is 69.2 cm³/mol. The fourth-order valence-electron chi connectivity index (χ4n) is 1.94. The van der Waals surface area contributed by atoms with E-state index in [1.54, 1.807) is 18.2 Å². The SMILES string of the molecule is Nc1ccc2c(c1)NC(c1cc(F)c(F)cc1Cl)O2. The number of fused-ring (bicyclic) bond motifs is 1. The molecule has 0 aliphatic carbocycles. The monoisotopic (exact) mass is 282 g/mol. The van der Waals surface area contributed by atoms with Gasteiger partial charge >= 0.3 is 0 Å². The highest BCUT2D eigenvalue weighted by molar-refractivity contribution is 6.31. The Morgan fingerprint density at radius 1 is 1.16 bits per heavy atom. The quantitative estimate of drug-likeness (QED) is 0.619. The van der Waals surface area contributed by atoms with Gasteiger partial charge in [-0.15, -0.1) is 0 Å². The van der Waals surface area contributed by atoms with Crippen LogP contribution in [-0.2, 0) is 0 Å². The molecule has 0 spiro atoms. The summed E-state index contributed by atoms with van der Waals surface area (Å²) in [5, 5.41) is 3.10. The number of rotatable bonds is 1. The Bertz CT molecular complexity index is 663. The number of ether oxygens (including phenoxy) is 1. The number of halogens is 3. The van der Waals surface area contributed by atoms with E-state index in [4.69, 9.17) is 22.1 Å². The van der Waals surface area contributed by atoms with E-state index in [1.165, 1.54) is 0 Å². The Balaban J connectivity index is 1.97. The first-order valence-electron chi connectivity index (χ1n) is 5.52. The molecule has 0 amide bonds. The van der Waals surface area contributed by atoms with Crippen molar-refractivity contribution >= 4 is 23.0 Å². The van der Waals surface area contributed by atoms with Gasteiger partial charge in [-0.3, -0.25) is 0 Å². The van der Waals surface area contributed by atoms with E-state index in [0.29, 0.717) is 22.7 Å². The Morgan fingerprint density at radius 2 is 1.89 bits per heavy atom. The second-order valence-corrected chi connectivity index (χ2v) is 4.59. The number of nitrogens with one attached hydrogen (secondary N) is 1. The number of nitrogen functional groups attached to an aromatic ring is 1. The fourth-order valence-corrected chi connectivity index (χ4v) is 2.19. The number of nitrogens with two attached hydrogens (primary N) is 1. The minimum atomic E-state index is -0.992. The van der Waals surface area contributed by atoms with Crippen LogP contribution in [-0.4, -0.2) is 0 Å². The highest BCUT2D eigenvalue weighted by Gasteiger charge is 2.26. The molecular formula is C13H9ClF2N2O. The molecule has 19 heavy (non-hydrogen) atoms. The molecule has 0 radical (unpaired) electrons. The third-order valence-corrected chi connectivity index (χ3v) is 3.18. The zero-order chi connectivity index (χ0) is 13.6. The van der Waals surface area contributed by atoms with Gasteiger partial charge in [-0.1, -0.05) is 11.6 Å². The van der Waals surface area contributed by atoms with Crippen LogP contribution in [0.25, 0.3) is 0 Å². The molecule has 0 saturated heterocycles. The van der Waals surface area contributed by atoms with Crippen LogP contribution in [0.3, 0.4) is 0 Å². The summed E-state index contributed by atoms with van der Waals surface area (Å²) in [6, 6.07) is 7.03. The Kier molecular flexibility index (Phi) is 2.71. The van der Waals surface area contributed by atoms with Crippen molar-refractivity contribution in [3.05, 3.63) is 52.6 Å². The zero-order valence-corrected chi connectivity index (χ0v) is 10.3. The van der Waals surface area contributed by atoms with Gasteiger partial charge in [-0.2, -0.15) is 0 Å². The highest BCUT2D eigenvalue weighted by Crippen LogP contribution is 2.40. The minimum absolute atomic E-state index is 0.0946. The van der Waals surface area contributed by atoms with Gasteiger partial charge in [0.05, 0.1) is 10.7 Å². The third kappa shape index (κ3) is 2.06. The predicted octanol–water partition coefficient (Wildman–Crippen LogP) is 3.70. The molecule has 3 nitrogen and oxygen atoms in total. The van der Waals surface area contributed by atoms with Gasteiger partial charge in [-0.25, -0.2) is 8.78 Å². The smallest absolute Gasteiger partial charge is 0.198 e. The van der Waals surface area contributed by atoms with Gasteiger partial charge in [0.25, 0.3) is 0 Å². The van der Waals surface area contributed by atoms with Crippen LogP contribution in [0.5, 0.6) is 5.75 Å². The summed E-state index contributed by atoms with van der Waals surface area (Å²) in [5.74, 6) is -1.38. The summed E-state index contributed by atoms with van der Waals surface area (Å²) >= 11 is 5.90. The molecule has 3 N–H and O–H groups in total. The Hall–Kier alpha value is -2.01. The van der Waals surface area contributed by atoms with Crippen molar-refractivity contribution in [2.45, 2.75) is 6.23 Å².